The molecule has 1 unspecified atom stereocenters. The van der Waals surface area contributed by atoms with Crippen LogP contribution >= 0.6 is 11.6 Å². The van der Waals surface area contributed by atoms with Gasteiger partial charge < -0.3 is 9.64 Å². The molecule has 1 heterocycles. The van der Waals surface area contributed by atoms with Gasteiger partial charge in [-0.25, -0.2) is 9.97 Å². The SMILES string of the molecule is COCC(C)N(C)c1cc(Cl)nc(C2CC2)n1. The van der Waals surface area contributed by atoms with E-state index in [4.69, 9.17) is 16.3 Å². The lowest BCUT2D eigenvalue weighted by molar-refractivity contribution is 0.183. The van der Waals surface area contributed by atoms with Crippen LogP contribution in [0.1, 0.15) is 31.5 Å². The Morgan fingerprint density at radius 2 is 2.24 bits per heavy atom. The molecule has 1 atom stereocenters. The predicted octanol–water partition coefficient (Wildman–Crippen LogP) is 2.48. The number of ether oxygens (including phenoxy) is 1. The smallest absolute Gasteiger partial charge is 0.135 e. The molecule has 1 aromatic rings. The molecule has 17 heavy (non-hydrogen) atoms. The van der Waals surface area contributed by atoms with Crippen molar-refractivity contribution in [1.29, 1.82) is 0 Å². The van der Waals surface area contributed by atoms with Crippen LogP contribution in [0, 0.1) is 0 Å². The largest absolute Gasteiger partial charge is 0.383 e. The van der Waals surface area contributed by atoms with Crippen LogP contribution in [-0.2, 0) is 4.74 Å². The first kappa shape index (κ1) is 12.6. The Morgan fingerprint density at radius 1 is 1.53 bits per heavy atom. The van der Waals surface area contributed by atoms with Crippen LogP contribution in [0.4, 0.5) is 5.82 Å². The number of anilines is 1. The summed E-state index contributed by atoms with van der Waals surface area (Å²) in [5, 5.41) is 0.522. The molecule has 0 N–H and O–H groups in total. The molecule has 1 aromatic heterocycles. The molecule has 1 saturated carbocycles. The maximum absolute atomic E-state index is 6.04. The Hall–Kier alpha value is -0.870. The van der Waals surface area contributed by atoms with Crippen LogP contribution in [0.3, 0.4) is 0 Å². The highest BCUT2D eigenvalue weighted by atomic mass is 35.5. The summed E-state index contributed by atoms with van der Waals surface area (Å²) < 4.78 is 5.15. The predicted molar refractivity (Wildman–Crippen MR) is 68.8 cm³/mol. The molecule has 0 spiro atoms. The molecule has 1 aliphatic carbocycles. The van der Waals surface area contributed by atoms with E-state index < -0.39 is 0 Å². The normalized spacial score (nSPS) is 16.9. The molecule has 5 heteroatoms. The van der Waals surface area contributed by atoms with Crippen LogP contribution in [0.15, 0.2) is 6.07 Å². The first-order chi connectivity index (χ1) is 8.11. The number of hydrogen-bond acceptors (Lipinski definition) is 4. The summed E-state index contributed by atoms with van der Waals surface area (Å²) in [6.45, 7) is 2.76. The van der Waals surface area contributed by atoms with Gasteiger partial charge in [0, 0.05) is 26.1 Å². The highest BCUT2D eigenvalue weighted by Crippen LogP contribution is 2.39. The Balaban J connectivity index is 2.18. The Morgan fingerprint density at radius 3 is 2.82 bits per heavy atom. The first-order valence-electron chi connectivity index (χ1n) is 5.88. The van der Waals surface area contributed by atoms with Crippen molar-refractivity contribution in [2.45, 2.75) is 31.7 Å². The number of likely N-dealkylation sites (N-methyl/N-ethyl adjacent to an activating group) is 1. The lowest BCUT2D eigenvalue weighted by Gasteiger charge is -2.25. The van der Waals surface area contributed by atoms with Crippen molar-refractivity contribution >= 4 is 17.4 Å². The van der Waals surface area contributed by atoms with Gasteiger partial charge in [-0.05, 0) is 19.8 Å². The summed E-state index contributed by atoms with van der Waals surface area (Å²) in [6, 6.07) is 2.07. The average Bonchev–Trinajstić information content (AvgIpc) is 3.11. The van der Waals surface area contributed by atoms with Gasteiger partial charge in [-0.2, -0.15) is 0 Å². The van der Waals surface area contributed by atoms with Crippen molar-refractivity contribution in [2.75, 3.05) is 25.7 Å². The third-order valence-electron chi connectivity index (χ3n) is 3.07. The summed E-state index contributed by atoms with van der Waals surface area (Å²) in [4.78, 5) is 10.9. The van der Waals surface area contributed by atoms with E-state index in [0.29, 0.717) is 17.7 Å². The summed E-state index contributed by atoms with van der Waals surface area (Å²) in [6.07, 6.45) is 2.36. The minimum Gasteiger partial charge on any atom is -0.383 e. The van der Waals surface area contributed by atoms with Crippen molar-refractivity contribution < 1.29 is 4.74 Å². The van der Waals surface area contributed by atoms with Crippen LogP contribution in [0.2, 0.25) is 5.15 Å². The monoisotopic (exact) mass is 255 g/mol. The Kier molecular flexibility index (Phi) is 3.84. The van der Waals surface area contributed by atoms with Gasteiger partial charge in [-0.1, -0.05) is 11.6 Å². The van der Waals surface area contributed by atoms with Gasteiger partial charge in [0.1, 0.15) is 16.8 Å². The minimum atomic E-state index is 0.262. The van der Waals surface area contributed by atoms with Gasteiger partial charge >= 0.3 is 0 Å². The van der Waals surface area contributed by atoms with Crippen molar-refractivity contribution in [2.24, 2.45) is 0 Å². The fraction of sp³-hybridized carbons (Fsp3) is 0.667. The van der Waals surface area contributed by atoms with Crippen LogP contribution in [0.5, 0.6) is 0 Å². The number of rotatable bonds is 5. The number of methoxy groups -OCH3 is 1. The van der Waals surface area contributed by atoms with E-state index in [0.717, 1.165) is 11.6 Å². The quantitative estimate of drug-likeness (QED) is 0.758. The second-order valence-electron chi connectivity index (χ2n) is 4.60. The van der Waals surface area contributed by atoms with Gasteiger partial charge in [0.25, 0.3) is 0 Å². The molecule has 1 fully saturated rings. The second kappa shape index (κ2) is 5.19. The Labute approximate surface area is 107 Å². The summed E-state index contributed by atoms with van der Waals surface area (Å²) in [7, 11) is 3.70. The van der Waals surface area contributed by atoms with E-state index in [-0.39, 0.29) is 6.04 Å². The van der Waals surface area contributed by atoms with E-state index in [1.807, 2.05) is 7.05 Å². The molecule has 0 aliphatic heterocycles. The molecule has 0 saturated heterocycles. The molecule has 4 nitrogen and oxygen atoms in total. The zero-order valence-electron chi connectivity index (χ0n) is 10.5. The number of hydrogen-bond donors (Lipinski definition) is 0. The first-order valence-corrected chi connectivity index (χ1v) is 6.26. The molecule has 0 radical (unpaired) electrons. The molecule has 0 amide bonds. The fourth-order valence-corrected chi connectivity index (χ4v) is 1.89. The van der Waals surface area contributed by atoms with Crippen LogP contribution < -0.4 is 4.90 Å². The number of aromatic nitrogens is 2. The number of nitrogens with zero attached hydrogens (tertiary/aromatic N) is 3. The summed E-state index contributed by atoms with van der Waals surface area (Å²) >= 11 is 6.04. The van der Waals surface area contributed by atoms with E-state index in [1.54, 1.807) is 13.2 Å². The molecular formula is C12H18ClN3O. The summed E-state index contributed by atoms with van der Waals surface area (Å²) in [5.41, 5.74) is 0. The summed E-state index contributed by atoms with van der Waals surface area (Å²) in [5.74, 6) is 2.26. The van der Waals surface area contributed by atoms with Gasteiger partial charge in [0.2, 0.25) is 0 Å². The lowest BCUT2D eigenvalue weighted by atomic mass is 10.3. The van der Waals surface area contributed by atoms with Crippen molar-refractivity contribution in [3.05, 3.63) is 17.0 Å². The van der Waals surface area contributed by atoms with Crippen LogP contribution in [-0.4, -0.2) is 36.8 Å². The number of halogens is 1. The van der Waals surface area contributed by atoms with Gasteiger partial charge in [0.15, 0.2) is 0 Å². The van der Waals surface area contributed by atoms with Gasteiger partial charge in [-0.3, -0.25) is 0 Å². The molecular weight excluding hydrogens is 238 g/mol. The fourth-order valence-electron chi connectivity index (χ4n) is 1.71. The molecule has 1 aliphatic rings. The highest BCUT2D eigenvalue weighted by molar-refractivity contribution is 6.29. The van der Waals surface area contributed by atoms with Gasteiger partial charge in [-0.15, -0.1) is 0 Å². The zero-order valence-corrected chi connectivity index (χ0v) is 11.2. The Bertz CT molecular complexity index is 395. The second-order valence-corrected chi connectivity index (χ2v) is 4.98. The third kappa shape index (κ3) is 3.07. The minimum absolute atomic E-state index is 0.262. The molecule has 94 valence electrons. The molecule has 2 rings (SSSR count). The van der Waals surface area contributed by atoms with Crippen LogP contribution in [0.25, 0.3) is 0 Å². The van der Waals surface area contributed by atoms with Crippen molar-refractivity contribution in [3.8, 4) is 0 Å². The van der Waals surface area contributed by atoms with E-state index in [2.05, 4.69) is 21.8 Å². The molecule has 0 bridgehead atoms. The van der Waals surface area contributed by atoms with E-state index in [1.165, 1.54) is 12.8 Å². The van der Waals surface area contributed by atoms with Gasteiger partial charge in [0.05, 0.1) is 12.6 Å². The molecule has 0 aromatic carbocycles. The maximum Gasteiger partial charge on any atom is 0.135 e. The van der Waals surface area contributed by atoms with E-state index in [9.17, 15) is 0 Å². The maximum atomic E-state index is 6.04. The van der Waals surface area contributed by atoms with E-state index >= 15 is 0 Å². The zero-order chi connectivity index (χ0) is 12.4. The third-order valence-corrected chi connectivity index (χ3v) is 3.27. The van der Waals surface area contributed by atoms with Crippen molar-refractivity contribution in [1.82, 2.24) is 9.97 Å². The average molecular weight is 256 g/mol. The highest BCUT2D eigenvalue weighted by Gasteiger charge is 2.27. The van der Waals surface area contributed by atoms with Crippen molar-refractivity contribution in [3.63, 3.8) is 0 Å². The lowest BCUT2D eigenvalue weighted by Crippen LogP contribution is -2.33. The standard InChI is InChI=1S/C12H18ClN3O/c1-8(7-17-3)16(2)11-6-10(13)14-12(15-11)9-4-5-9/h6,8-9H,4-5,7H2,1-3H3. The topological polar surface area (TPSA) is 38.2 Å².